The summed E-state index contributed by atoms with van der Waals surface area (Å²) in [4.78, 5) is 12.7. The Morgan fingerprint density at radius 1 is 0.867 bits per heavy atom. The molecule has 1 aliphatic heterocycles. The zero-order valence-corrected chi connectivity index (χ0v) is 25.1. The summed E-state index contributed by atoms with van der Waals surface area (Å²) in [6, 6.07) is 7.40. The summed E-state index contributed by atoms with van der Waals surface area (Å²) in [6.07, 6.45) is 0. The molecule has 0 saturated heterocycles. The van der Waals surface area contributed by atoms with E-state index < -0.39 is 57.0 Å². The fourth-order valence-corrected chi connectivity index (χ4v) is 17.6. The first kappa shape index (κ1) is 24.3. The van der Waals surface area contributed by atoms with Gasteiger partial charge in [0.25, 0.3) is 0 Å². The van der Waals surface area contributed by atoms with E-state index in [9.17, 15) is 25.9 Å². The number of hydrogen-bond donors (Lipinski definition) is 2. The second kappa shape index (κ2) is 7.61. The summed E-state index contributed by atoms with van der Waals surface area (Å²) in [5, 5.41) is 0. The molecule has 2 aromatic rings. The van der Waals surface area contributed by atoms with Gasteiger partial charge in [0.1, 0.15) is 0 Å². The van der Waals surface area contributed by atoms with Gasteiger partial charge in [-0.1, -0.05) is 0 Å². The first-order valence-electron chi connectivity index (χ1n) is 9.36. The third kappa shape index (κ3) is 4.56. The van der Waals surface area contributed by atoms with E-state index in [-0.39, 0.29) is 25.2 Å². The second-order valence-electron chi connectivity index (χ2n) is 9.65. The third-order valence-electron chi connectivity index (χ3n) is 5.21. The molecule has 3 rings (SSSR count). The Morgan fingerprint density at radius 3 is 1.93 bits per heavy atom. The van der Waals surface area contributed by atoms with Crippen molar-refractivity contribution in [1.82, 2.24) is 0 Å². The molecule has 1 aliphatic rings. The fraction of sp³-hybridized carbons (Fsp3) is 0.368. The number of ether oxygens (including phenoxy) is 1. The van der Waals surface area contributed by atoms with Gasteiger partial charge in [-0.05, 0) is 0 Å². The topological polar surface area (TPSA) is 118 Å². The van der Waals surface area contributed by atoms with Crippen LogP contribution < -0.4 is 8.32 Å². The van der Waals surface area contributed by atoms with Gasteiger partial charge in [-0.2, -0.15) is 0 Å². The van der Waals surface area contributed by atoms with Crippen LogP contribution in [0.1, 0.15) is 15.1 Å². The quantitative estimate of drug-likeness (QED) is 0.376. The van der Waals surface area contributed by atoms with Crippen LogP contribution in [0.15, 0.2) is 40.1 Å². The van der Waals surface area contributed by atoms with Gasteiger partial charge >= 0.3 is 188 Å². The van der Waals surface area contributed by atoms with Gasteiger partial charge in [0.2, 0.25) is 0 Å². The zero-order chi connectivity index (χ0) is 22.9. The van der Waals surface area contributed by atoms with Crippen LogP contribution in [0, 0.1) is 0 Å². The van der Waals surface area contributed by atoms with Crippen LogP contribution in [-0.2, 0) is 20.2 Å². The van der Waals surface area contributed by atoms with Crippen molar-refractivity contribution in [3.63, 3.8) is 0 Å². The van der Waals surface area contributed by atoms with Crippen LogP contribution in [0.25, 0.3) is 0 Å². The molecule has 0 bridgehead atoms. The Kier molecular flexibility index (Phi) is 6.17. The van der Waals surface area contributed by atoms with Gasteiger partial charge in [0.05, 0.1) is 0 Å². The van der Waals surface area contributed by atoms with E-state index in [1.54, 1.807) is 6.07 Å². The van der Waals surface area contributed by atoms with Crippen molar-refractivity contribution < 1.29 is 30.7 Å². The van der Waals surface area contributed by atoms with Gasteiger partial charge in [0.15, 0.2) is 0 Å². The molecule has 1 atom stereocenters. The van der Waals surface area contributed by atoms with Crippen molar-refractivity contribution in [3.05, 3.63) is 41.5 Å². The van der Waals surface area contributed by atoms with Crippen molar-refractivity contribution in [2.45, 2.75) is 43.4 Å². The summed E-state index contributed by atoms with van der Waals surface area (Å²) < 4.78 is 73.9. The normalized spacial score (nSPS) is 17.1. The molecule has 1 unspecified atom stereocenters. The van der Waals surface area contributed by atoms with Gasteiger partial charge < -0.3 is 0 Å². The van der Waals surface area contributed by atoms with Crippen LogP contribution in [0.4, 0.5) is 0 Å². The maximum absolute atomic E-state index is 12.1. The predicted octanol–water partition coefficient (Wildman–Crippen LogP) is 3.84. The first-order valence-corrected chi connectivity index (χ1v) is 32.4. The fourth-order valence-electron chi connectivity index (χ4n) is 4.00. The standard InChI is InChI=1S/C13H8O7S2.6CH3.2Sn/c14-21(15,16)10-5-4-8-6-9-2-1-3-12(22(17,18)19)13(9)20-11(8)7-10;;;;;;;;/h1,3-7H,(H,14,15,16)(H,17,18,19);6*1H3;;. The Labute approximate surface area is 186 Å². The van der Waals surface area contributed by atoms with Crippen LogP contribution in [0.2, 0.25) is 29.6 Å². The third-order valence-corrected chi connectivity index (χ3v) is 19.4. The number of fused-ring (bicyclic) bond motifs is 2. The van der Waals surface area contributed by atoms with Crippen LogP contribution in [-0.4, -0.2) is 62.7 Å². The second-order valence-corrected chi connectivity index (χ2v) is 42.0. The molecule has 2 N–H and O–H groups in total. The summed E-state index contributed by atoms with van der Waals surface area (Å²) >= 11 is -5.66. The Balaban J connectivity index is 2.47. The van der Waals surface area contributed by atoms with E-state index in [0.717, 1.165) is 14.7 Å². The molecule has 0 spiro atoms. The Bertz CT molecular complexity index is 1240. The van der Waals surface area contributed by atoms with Crippen LogP contribution in [0.3, 0.4) is 0 Å². The molecule has 0 aliphatic carbocycles. The van der Waals surface area contributed by atoms with Gasteiger partial charge in [-0.15, -0.1) is 0 Å². The molecule has 2 aromatic carbocycles. The van der Waals surface area contributed by atoms with Crippen molar-refractivity contribution in [2.24, 2.45) is 0 Å². The van der Waals surface area contributed by atoms with Gasteiger partial charge in [0, 0.05) is 0 Å². The molecule has 0 amide bonds. The molecule has 30 heavy (non-hydrogen) atoms. The van der Waals surface area contributed by atoms with Crippen LogP contribution in [0.5, 0.6) is 11.5 Å². The molecule has 11 heteroatoms. The summed E-state index contributed by atoms with van der Waals surface area (Å²) in [5.41, 5.74) is 1.62. The molecular formula is C19H26O7S2Sn2. The number of rotatable bonds is 4. The van der Waals surface area contributed by atoms with E-state index in [1.165, 1.54) is 18.2 Å². The van der Waals surface area contributed by atoms with Crippen molar-refractivity contribution >= 4 is 60.6 Å². The Morgan fingerprint density at radius 2 is 1.47 bits per heavy atom. The predicted molar refractivity (Wildman–Crippen MR) is 121 cm³/mol. The van der Waals surface area contributed by atoms with E-state index in [2.05, 4.69) is 29.6 Å². The van der Waals surface area contributed by atoms with Crippen LogP contribution >= 0.6 is 0 Å². The number of hydrogen-bond acceptors (Lipinski definition) is 5. The minimum absolute atomic E-state index is 0.0817. The SMILES string of the molecule is [CH3][Sn]([CH3])([CH3])[c]1ccc(S(=O)(=O)O)c2c1[CH]([Sn]([CH3])([CH3])[CH3])c1ccc(S(=O)(=O)O)cc1O2. The average molecular weight is 668 g/mol. The van der Waals surface area contributed by atoms with E-state index in [0.29, 0.717) is 0 Å². The molecule has 1 heterocycles. The summed E-state index contributed by atoms with van der Waals surface area (Å²) in [5.74, 6) is 0.277. The van der Waals surface area contributed by atoms with Crippen molar-refractivity contribution in [3.8, 4) is 11.5 Å². The molecule has 164 valence electrons. The minimum atomic E-state index is -4.56. The Hall–Kier alpha value is -0.343. The summed E-state index contributed by atoms with van der Waals surface area (Å²) in [7, 11) is -9.02. The van der Waals surface area contributed by atoms with Crippen molar-refractivity contribution in [1.29, 1.82) is 0 Å². The molecule has 0 aromatic heterocycles. The van der Waals surface area contributed by atoms with Gasteiger partial charge in [-0.3, -0.25) is 0 Å². The first-order chi connectivity index (χ1) is 13.4. The molecule has 0 saturated carbocycles. The van der Waals surface area contributed by atoms with E-state index >= 15 is 0 Å². The number of benzene rings is 2. The molecular weight excluding hydrogens is 642 g/mol. The van der Waals surface area contributed by atoms with E-state index in [4.69, 9.17) is 4.74 Å². The summed E-state index contributed by atoms with van der Waals surface area (Å²) in [6.45, 7) is 0. The maximum atomic E-state index is 12.1. The molecule has 0 fully saturated rings. The average Bonchev–Trinajstić information content (AvgIpc) is 2.54. The molecule has 7 nitrogen and oxygen atoms in total. The van der Waals surface area contributed by atoms with Gasteiger partial charge in [-0.25, -0.2) is 0 Å². The molecule has 0 radical (unpaired) electrons. The zero-order valence-electron chi connectivity index (χ0n) is 17.7. The van der Waals surface area contributed by atoms with E-state index in [1.807, 2.05) is 6.07 Å². The van der Waals surface area contributed by atoms with Crippen molar-refractivity contribution in [2.75, 3.05) is 0 Å². The monoisotopic (exact) mass is 670 g/mol.